The molecule has 0 saturated carbocycles. The predicted octanol–water partition coefficient (Wildman–Crippen LogP) is 3.95. The summed E-state index contributed by atoms with van der Waals surface area (Å²) in [5.74, 6) is -0.0523. The van der Waals surface area contributed by atoms with Crippen molar-refractivity contribution in [1.29, 1.82) is 0 Å². The Morgan fingerprint density at radius 2 is 1.65 bits per heavy atom. The number of anilines is 1. The van der Waals surface area contributed by atoms with Crippen LogP contribution in [0.1, 0.15) is 32.3 Å². The highest BCUT2D eigenvalue weighted by Crippen LogP contribution is 2.29. The minimum atomic E-state index is -3.82. The van der Waals surface area contributed by atoms with Crippen LogP contribution in [-0.4, -0.2) is 57.6 Å². The van der Waals surface area contributed by atoms with E-state index in [1.54, 1.807) is 31.4 Å². The molecule has 3 rings (SSSR count). The summed E-state index contributed by atoms with van der Waals surface area (Å²) >= 11 is 0. The molecule has 0 radical (unpaired) electrons. The molecule has 3 aromatic carbocycles. The van der Waals surface area contributed by atoms with E-state index in [9.17, 15) is 18.0 Å². The molecule has 198 valence electrons. The van der Waals surface area contributed by atoms with Gasteiger partial charge in [-0.15, -0.1) is 0 Å². The van der Waals surface area contributed by atoms with Gasteiger partial charge in [-0.05, 0) is 42.0 Å². The number of ether oxygens (including phenoxy) is 1. The minimum absolute atomic E-state index is 0.147. The lowest BCUT2D eigenvalue weighted by atomic mass is 10.1. The number of hydrogen-bond donors (Lipinski definition) is 1. The SMILES string of the molecule is CCCNC(=O)C(CC)N(Cc1ccc(OC)cc1)C(=O)CN(c1cccc2ccccc12)S(C)(=O)=O. The van der Waals surface area contributed by atoms with E-state index >= 15 is 0 Å². The van der Waals surface area contributed by atoms with Crippen LogP contribution in [0.2, 0.25) is 0 Å². The van der Waals surface area contributed by atoms with Crippen LogP contribution in [-0.2, 0) is 26.2 Å². The van der Waals surface area contributed by atoms with Crippen molar-refractivity contribution in [2.45, 2.75) is 39.3 Å². The summed E-state index contributed by atoms with van der Waals surface area (Å²) in [4.78, 5) is 28.3. The summed E-state index contributed by atoms with van der Waals surface area (Å²) in [5, 5.41) is 4.46. The molecule has 9 heteroatoms. The van der Waals surface area contributed by atoms with E-state index in [1.165, 1.54) is 4.90 Å². The van der Waals surface area contributed by atoms with Crippen molar-refractivity contribution in [3.8, 4) is 5.75 Å². The van der Waals surface area contributed by atoms with Gasteiger partial charge in [-0.25, -0.2) is 8.42 Å². The average molecular weight is 526 g/mol. The van der Waals surface area contributed by atoms with Crippen LogP contribution in [0.4, 0.5) is 5.69 Å². The fourth-order valence-corrected chi connectivity index (χ4v) is 5.10. The molecule has 0 aromatic heterocycles. The van der Waals surface area contributed by atoms with Crippen molar-refractivity contribution in [1.82, 2.24) is 10.2 Å². The second kappa shape index (κ2) is 12.6. The van der Waals surface area contributed by atoms with E-state index in [1.807, 2.05) is 56.3 Å². The zero-order chi connectivity index (χ0) is 27.0. The van der Waals surface area contributed by atoms with E-state index in [-0.39, 0.29) is 12.5 Å². The highest BCUT2D eigenvalue weighted by atomic mass is 32.2. The first kappa shape index (κ1) is 28.0. The van der Waals surface area contributed by atoms with Gasteiger partial charge >= 0.3 is 0 Å². The standard InChI is InChI=1S/C28H35N3O5S/c1-5-18-29-28(33)25(6-2)30(19-21-14-16-23(36-3)17-15-21)27(32)20-31(37(4,34)35)26-13-9-11-22-10-7-8-12-24(22)26/h7-17,25H,5-6,18-20H2,1-4H3,(H,29,33). The molecule has 1 unspecified atom stereocenters. The smallest absolute Gasteiger partial charge is 0.244 e. The van der Waals surface area contributed by atoms with Gasteiger partial charge in [0.25, 0.3) is 0 Å². The van der Waals surface area contributed by atoms with Crippen LogP contribution in [0, 0.1) is 0 Å². The molecule has 1 N–H and O–H groups in total. The van der Waals surface area contributed by atoms with E-state index in [0.29, 0.717) is 24.4 Å². The number of nitrogens with zero attached hydrogens (tertiary/aromatic N) is 2. The van der Waals surface area contributed by atoms with Gasteiger partial charge in [0.2, 0.25) is 21.8 Å². The number of benzene rings is 3. The van der Waals surface area contributed by atoms with Crippen LogP contribution in [0.5, 0.6) is 5.75 Å². The van der Waals surface area contributed by atoms with Crippen LogP contribution in [0.15, 0.2) is 66.7 Å². The fourth-order valence-electron chi connectivity index (χ4n) is 4.23. The van der Waals surface area contributed by atoms with Crippen molar-refractivity contribution in [3.05, 3.63) is 72.3 Å². The Hall–Kier alpha value is -3.59. The molecular formula is C28H35N3O5S. The molecule has 0 heterocycles. The summed E-state index contributed by atoms with van der Waals surface area (Å²) in [5.41, 5.74) is 1.22. The molecule has 0 aliphatic rings. The quantitative estimate of drug-likeness (QED) is 0.386. The molecule has 2 amide bonds. The van der Waals surface area contributed by atoms with Crippen molar-refractivity contribution in [3.63, 3.8) is 0 Å². The zero-order valence-electron chi connectivity index (χ0n) is 21.8. The topological polar surface area (TPSA) is 96.0 Å². The number of methoxy groups -OCH3 is 1. The predicted molar refractivity (Wildman–Crippen MR) is 147 cm³/mol. The van der Waals surface area contributed by atoms with E-state index < -0.39 is 28.5 Å². The van der Waals surface area contributed by atoms with Gasteiger partial charge in [-0.2, -0.15) is 0 Å². The molecule has 8 nitrogen and oxygen atoms in total. The largest absolute Gasteiger partial charge is 0.497 e. The lowest BCUT2D eigenvalue weighted by molar-refractivity contribution is -0.140. The molecule has 37 heavy (non-hydrogen) atoms. The number of carbonyl (C=O) groups is 2. The maximum absolute atomic E-state index is 13.8. The number of fused-ring (bicyclic) bond motifs is 1. The fraction of sp³-hybridized carbons (Fsp3) is 0.357. The Labute approximate surface area is 219 Å². The number of carbonyl (C=O) groups excluding carboxylic acids is 2. The van der Waals surface area contributed by atoms with Crippen LogP contribution in [0.3, 0.4) is 0 Å². The molecule has 0 aliphatic heterocycles. The molecule has 0 aliphatic carbocycles. The van der Waals surface area contributed by atoms with E-state index in [2.05, 4.69) is 5.32 Å². The first-order valence-corrected chi connectivity index (χ1v) is 14.2. The Bertz CT molecular complexity index is 1320. The van der Waals surface area contributed by atoms with Gasteiger partial charge in [0.15, 0.2) is 0 Å². The molecule has 0 bridgehead atoms. The van der Waals surface area contributed by atoms with Crippen molar-refractivity contribution in [2.24, 2.45) is 0 Å². The number of rotatable bonds is 12. The lowest BCUT2D eigenvalue weighted by Crippen LogP contribution is -2.52. The van der Waals surface area contributed by atoms with E-state index in [0.717, 1.165) is 33.3 Å². The van der Waals surface area contributed by atoms with Gasteiger partial charge < -0.3 is 15.0 Å². The maximum Gasteiger partial charge on any atom is 0.244 e. The molecule has 3 aromatic rings. The van der Waals surface area contributed by atoms with Crippen LogP contribution >= 0.6 is 0 Å². The Morgan fingerprint density at radius 3 is 2.27 bits per heavy atom. The average Bonchev–Trinajstić information content (AvgIpc) is 2.89. The summed E-state index contributed by atoms with van der Waals surface area (Å²) < 4.78 is 32.2. The third-order valence-electron chi connectivity index (χ3n) is 6.16. The zero-order valence-corrected chi connectivity index (χ0v) is 22.6. The molecular weight excluding hydrogens is 490 g/mol. The number of nitrogens with one attached hydrogen (secondary N) is 1. The molecule has 0 fully saturated rings. The Morgan fingerprint density at radius 1 is 0.973 bits per heavy atom. The number of sulfonamides is 1. The summed E-state index contributed by atoms with van der Waals surface area (Å²) in [7, 11) is -2.25. The van der Waals surface area contributed by atoms with Crippen molar-refractivity contribution < 1.29 is 22.7 Å². The van der Waals surface area contributed by atoms with Gasteiger partial charge in [0, 0.05) is 18.5 Å². The number of hydrogen-bond acceptors (Lipinski definition) is 5. The normalized spacial score (nSPS) is 12.1. The summed E-state index contributed by atoms with van der Waals surface area (Å²) in [6, 6.07) is 19.2. The molecule has 1 atom stereocenters. The summed E-state index contributed by atoms with van der Waals surface area (Å²) in [6.45, 7) is 4.00. The maximum atomic E-state index is 13.8. The number of amides is 2. The van der Waals surface area contributed by atoms with Crippen molar-refractivity contribution in [2.75, 3.05) is 30.8 Å². The van der Waals surface area contributed by atoms with Gasteiger partial charge in [0.1, 0.15) is 18.3 Å². The van der Waals surface area contributed by atoms with Gasteiger partial charge in [0.05, 0.1) is 19.1 Å². The first-order valence-electron chi connectivity index (χ1n) is 12.3. The second-order valence-corrected chi connectivity index (χ2v) is 10.8. The highest BCUT2D eigenvalue weighted by molar-refractivity contribution is 7.92. The Balaban J connectivity index is 2.00. The third kappa shape index (κ3) is 7.01. The van der Waals surface area contributed by atoms with Crippen LogP contribution < -0.4 is 14.4 Å². The third-order valence-corrected chi connectivity index (χ3v) is 7.29. The minimum Gasteiger partial charge on any atom is -0.497 e. The molecule has 0 spiro atoms. The van der Waals surface area contributed by atoms with Gasteiger partial charge in [-0.1, -0.05) is 62.4 Å². The van der Waals surface area contributed by atoms with Crippen molar-refractivity contribution >= 4 is 38.3 Å². The first-order chi connectivity index (χ1) is 17.7. The molecule has 0 saturated heterocycles. The monoisotopic (exact) mass is 525 g/mol. The summed E-state index contributed by atoms with van der Waals surface area (Å²) in [6.07, 6.45) is 2.23. The van der Waals surface area contributed by atoms with Crippen LogP contribution in [0.25, 0.3) is 10.8 Å². The lowest BCUT2D eigenvalue weighted by Gasteiger charge is -2.33. The van der Waals surface area contributed by atoms with Gasteiger partial charge in [-0.3, -0.25) is 13.9 Å². The van der Waals surface area contributed by atoms with E-state index in [4.69, 9.17) is 4.74 Å². The second-order valence-electron chi connectivity index (χ2n) is 8.85. The highest BCUT2D eigenvalue weighted by Gasteiger charge is 2.32. The Kier molecular flexibility index (Phi) is 9.52.